The Bertz CT molecular complexity index is 332. The number of hydrogen-bond donors (Lipinski definition) is 2. The van der Waals surface area contributed by atoms with Gasteiger partial charge in [0.15, 0.2) is 0 Å². The second-order valence-electron chi connectivity index (χ2n) is 4.63. The number of anilines is 1. The Labute approximate surface area is 96.0 Å². The van der Waals surface area contributed by atoms with Gasteiger partial charge in [0.1, 0.15) is 0 Å². The molecule has 0 unspecified atom stereocenters. The van der Waals surface area contributed by atoms with Crippen LogP contribution in [0.25, 0.3) is 0 Å². The van der Waals surface area contributed by atoms with E-state index in [0.717, 1.165) is 6.54 Å². The average molecular weight is 224 g/mol. The van der Waals surface area contributed by atoms with Crippen molar-refractivity contribution in [2.75, 3.05) is 18.9 Å². The van der Waals surface area contributed by atoms with Gasteiger partial charge in [0.2, 0.25) is 5.89 Å². The Hall–Kier alpha value is -1.10. The van der Waals surface area contributed by atoms with Gasteiger partial charge in [-0.1, -0.05) is 18.4 Å². The fourth-order valence-electron chi connectivity index (χ4n) is 2.03. The summed E-state index contributed by atoms with van der Waals surface area (Å²) in [7, 11) is 1.86. The summed E-state index contributed by atoms with van der Waals surface area (Å²) in [6.07, 6.45) is 5.19. The van der Waals surface area contributed by atoms with E-state index in [1.54, 1.807) is 0 Å². The number of nitrogens with zero attached hydrogens (tertiary/aromatic N) is 2. The quantitative estimate of drug-likeness (QED) is 0.739. The molecule has 5 heteroatoms. The molecular weight excluding hydrogens is 204 g/mol. The van der Waals surface area contributed by atoms with E-state index in [-0.39, 0.29) is 0 Å². The Balaban J connectivity index is 1.80. The first-order chi connectivity index (χ1) is 7.78. The van der Waals surface area contributed by atoms with Gasteiger partial charge in [-0.05, 0) is 31.7 Å². The van der Waals surface area contributed by atoms with E-state index in [1.807, 2.05) is 7.05 Å². The third-order valence-corrected chi connectivity index (χ3v) is 3.15. The fourth-order valence-corrected chi connectivity index (χ4v) is 2.03. The molecule has 1 aliphatic carbocycles. The van der Waals surface area contributed by atoms with Gasteiger partial charge in [-0.15, -0.1) is 5.10 Å². The molecule has 1 saturated carbocycles. The van der Waals surface area contributed by atoms with Crippen molar-refractivity contribution >= 4 is 6.01 Å². The highest BCUT2D eigenvalue weighted by Gasteiger charge is 2.41. The second-order valence-corrected chi connectivity index (χ2v) is 4.63. The van der Waals surface area contributed by atoms with Crippen molar-refractivity contribution < 1.29 is 4.42 Å². The minimum absolute atomic E-state index is 0.506. The van der Waals surface area contributed by atoms with Crippen LogP contribution in [0.5, 0.6) is 0 Å². The Kier molecular flexibility index (Phi) is 3.43. The highest BCUT2D eigenvalue weighted by atomic mass is 16.4. The van der Waals surface area contributed by atoms with Crippen LogP contribution in [0.1, 0.15) is 38.5 Å². The molecule has 0 aromatic carbocycles. The molecule has 0 atom stereocenters. The molecule has 1 heterocycles. The van der Waals surface area contributed by atoms with Crippen LogP contribution in [0, 0.1) is 5.41 Å². The van der Waals surface area contributed by atoms with Crippen LogP contribution in [0.4, 0.5) is 6.01 Å². The molecule has 0 amide bonds. The van der Waals surface area contributed by atoms with E-state index in [2.05, 4.69) is 27.8 Å². The fraction of sp³-hybridized carbons (Fsp3) is 0.818. The molecule has 2 N–H and O–H groups in total. The van der Waals surface area contributed by atoms with Crippen molar-refractivity contribution in [1.82, 2.24) is 15.5 Å². The van der Waals surface area contributed by atoms with Crippen molar-refractivity contribution in [3.63, 3.8) is 0 Å². The highest BCUT2D eigenvalue weighted by Crippen LogP contribution is 2.49. The lowest BCUT2D eigenvalue weighted by atomic mass is 10.0. The van der Waals surface area contributed by atoms with Gasteiger partial charge < -0.3 is 15.1 Å². The van der Waals surface area contributed by atoms with E-state index in [0.29, 0.717) is 23.9 Å². The molecule has 1 aromatic rings. The first-order valence-corrected chi connectivity index (χ1v) is 5.99. The summed E-state index contributed by atoms with van der Waals surface area (Å²) < 4.78 is 5.43. The molecule has 1 fully saturated rings. The van der Waals surface area contributed by atoms with Crippen molar-refractivity contribution in [2.24, 2.45) is 5.41 Å². The van der Waals surface area contributed by atoms with Crippen LogP contribution in [0.15, 0.2) is 4.42 Å². The minimum atomic E-state index is 0.506. The van der Waals surface area contributed by atoms with Gasteiger partial charge >= 0.3 is 6.01 Å². The van der Waals surface area contributed by atoms with Crippen LogP contribution < -0.4 is 10.6 Å². The molecule has 16 heavy (non-hydrogen) atoms. The lowest BCUT2D eigenvalue weighted by Gasteiger charge is -2.12. The molecule has 0 radical (unpaired) electrons. The highest BCUT2D eigenvalue weighted by molar-refractivity contribution is 5.19. The Morgan fingerprint density at radius 2 is 2.19 bits per heavy atom. The van der Waals surface area contributed by atoms with Gasteiger partial charge in [0.25, 0.3) is 0 Å². The summed E-state index contributed by atoms with van der Waals surface area (Å²) in [4.78, 5) is 0. The third kappa shape index (κ3) is 2.72. The standard InChI is InChI=1S/C11H20N4O/c1-3-4-11(5-6-11)8-13-10-15-14-9(16-10)7-12-2/h12H,3-8H2,1-2H3,(H,13,15). The topological polar surface area (TPSA) is 63.0 Å². The molecule has 0 aliphatic heterocycles. The second kappa shape index (κ2) is 4.82. The van der Waals surface area contributed by atoms with Gasteiger partial charge in [-0.25, -0.2) is 0 Å². The van der Waals surface area contributed by atoms with E-state index < -0.39 is 0 Å². The Morgan fingerprint density at radius 3 is 2.81 bits per heavy atom. The van der Waals surface area contributed by atoms with Crippen LogP contribution in [0.2, 0.25) is 0 Å². The maximum atomic E-state index is 5.43. The van der Waals surface area contributed by atoms with E-state index in [1.165, 1.54) is 25.7 Å². The molecule has 2 rings (SSSR count). The molecule has 0 saturated heterocycles. The summed E-state index contributed by atoms with van der Waals surface area (Å²) in [5.41, 5.74) is 0.506. The van der Waals surface area contributed by atoms with Crippen molar-refractivity contribution in [1.29, 1.82) is 0 Å². The number of nitrogens with one attached hydrogen (secondary N) is 2. The van der Waals surface area contributed by atoms with Crippen LogP contribution in [-0.2, 0) is 6.54 Å². The zero-order chi connectivity index (χ0) is 11.4. The molecule has 0 bridgehead atoms. The van der Waals surface area contributed by atoms with Gasteiger partial charge in [0.05, 0.1) is 6.54 Å². The van der Waals surface area contributed by atoms with E-state index >= 15 is 0 Å². The summed E-state index contributed by atoms with van der Waals surface area (Å²) in [6, 6.07) is 0.549. The summed E-state index contributed by atoms with van der Waals surface area (Å²) in [6.45, 7) is 3.81. The van der Waals surface area contributed by atoms with Gasteiger partial charge in [-0.2, -0.15) is 0 Å². The molecule has 1 aromatic heterocycles. The van der Waals surface area contributed by atoms with E-state index in [4.69, 9.17) is 4.42 Å². The van der Waals surface area contributed by atoms with Crippen LogP contribution >= 0.6 is 0 Å². The molecular formula is C11H20N4O. The molecule has 5 nitrogen and oxygen atoms in total. The predicted octanol–water partition coefficient (Wildman–Crippen LogP) is 1.78. The maximum absolute atomic E-state index is 5.43. The Morgan fingerprint density at radius 1 is 1.38 bits per heavy atom. The van der Waals surface area contributed by atoms with Crippen LogP contribution in [0.3, 0.4) is 0 Å². The molecule has 1 aliphatic rings. The molecule has 0 spiro atoms. The largest absolute Gasteiger partial charge is 0.407 e. The monoisotopic (exact) mass is 224 g/mol. The normalized spacial score (nSPS) is 17.4. The van der Waals surface area contributed by atoms with Gasteiger partial charge in [-0.3, -0.25) is 0 Å². The lowest BCUT2D eigenvalue weighted by molar-refractivity contribution is 0.459. The van der Waals surface area contributed by atoms with Crippen molar-refractivity contribution in [2.45, 2.75) is 39.2 Å². The first kappa shape index (κ1) is 11.4. The zero-order valence-electron chi connectivity index (χ0n) is 10.0. The SMILES string of the molecule is CCCC1(CNc2nnc(CNC)o2)CC1. The lowest BCUT2D eigenvalue weighted by Crippen LogP contribution is -2.15. The predicted molar refractivity (Wildman–Crippen MR) is 62.1 cm³/mol. The van der Waals surface area contributed by atoms with Crippen LogP contribution in [-0.4, -0.2) is 23.8 Å². The number of rotatable bonds is 7. The minimum Gasteiger partial charge on any atom is -0.407 e. The van der Waals surface area contributed by atoms with Crippen molar-refractivity contribution in [3.8, 4) is 0 Å². The summed E-state index contributed by atoms with van der Waals surface area (Å²) in [5, 5.41) is 14.1. The number of hydrogen-bond acceptors (Lipinski definition) is 5. The maximum Gasteiger partial charge on any atom is 0.315 e. The smallest absolute Gasteiger partial charge is 0.315 e. The first-order valence-electron chi connectivity index (χ1n) is 5.99. The summed E-state index contributed by atoms with van der Waals surface area (Å²) >= 11 is 0. The van der Waals surface area contributed by atoms with Gasteiger partial charge in [0, 0.05) is 6.54 Å². The van der Waals surface area contributed by atoms with E-state index in [9.17, 15) is 0 Å². The molecule has 90 valence electrons. The summed E-state index contributed by atoms with van der Waals surface area (Å²) in [5.74, 6) is 0.630. The average Bonchev–Trinajstić information content (AvgIpc) is 2.89. The van der Waals surface area contributed by atoms with Crippen molar-refractivity contribution in [3.05, 3.63) is 5.89 Å². The third-order valence-electron chi connectivity index (χ3n) is 3.15. The number of aromatic nitrogens is 2. The zero-order valence-corrected chi connectivity index (χ0v) is 10.0.